The quantitative estimate of drug-likeness (QED) is 0.870. The maximum Gasteiger partial charge on any atom is 0.183 e. The fourth-order valence-electron chi connectivity index (χ4n) is 2.71. The van der Waals surface area contributed by atoms with Gasteiger partial charge in [-0.2, -0.15) is 0 Å². The van der Waals surface area contributed by atoms with E-state index >= 15 is 0 Å². The van der Waals surface area contributed by atoms with Crippen LogP contribution in [0.25, 0.3) is 0 Å². The Morgan fingerprint density at radius 1 is 1.53 bits per heavy atom. The molecular weight excluding hydrogens is 280 g/mol. The van der Waals surface area contributed by atoms with Crippen LogP contribution in [0.4, 0.5) is 0 Å². The van der Waals surface area contributed by atoms with Crippen molar-refractivity contribution >= 4 is 22.9 Å². The Bertz CT molecular complexity index is 550. The zero-order chi connectivity index (χ0) is 13.2. The predicted octanol–water partition coefficient (Wildman–Crippen LogP) is 2.69. The summed E-state index contributed by atoms with van der Waals surface area (Å²) in [5, 5.41) is 0. The average Bonchev–Trinajstić information content (AvgIpc) is 2.97. The summed E-state index contributed by atoms with van der Waals surface area (Å²) in [6.07, 6.45) is 8.19. The van der Waals surface area contributed by atoms with E-state index in [-0.39, 0.29) is 0 Å². The Kier molecular flexibility index (Phi) is 3.86. The van der Waals surface area contributed by atoms with Crippen molar-refractivity contribution in [2.45, 2.75) is 25.9 Å². The molecule has 3 rings (SSSR count). The van der Waals surface area contributed by atoms with E-state index in [1.807, 2.05) is 12.4 Å². The molecule has 1 aliphatic rings. The second-order valence-electron chi connectivity index (χ2n) is 5.18. The minimum atomic E-state index is 0.629. The number of hydrogen-bond donors (Lipinski definition) is 0. The third kappa shape index (κ3) is 3.16. The molecule has 0 fully saturated rings. The predicted molar refractivity (Wildman–Crippen MR) is 77.5 cm³/mol. The molecule has 0 saturated carbocycles. The highest BCUT2D eigenvalue weighted by atomic mass is 35.5. The van der Waals surface area contributed by atoms with Crippen LogP contribution in [0.1, 0.15) is 17.1 Å². The minimum absolute atomic E-state index is 0.629. The summed E-state index contributed by atoms with van der Waals surface area (Å²) in [5.74, 6) is 1.93. The summed E-state index contributed by atoms with van der Waals surface area (Å²) in [5.41, 5.74) is 0. The Labute approximate surface area is 122 Å². The third-order valence-corrected chi connectivity index (χ3v) is 4.65. The van der Waals surface area contributed by atoms with Gasteiger partial charge < -0.3 is 9.47 Å². The first-order valence-electron chi connectivity index (χ1n) is 6.49. The van der Waals surface area contributed by atoms with Gasteiger partial charge in [0.05, 0.1) is 0 Å². The molecule has 2 aromatic heterocycles. The fourth-order valence-corrected chi connectivity index (χ4v) is 3.77. The van der Waals surface area contributed by atoms with E-state index in [0.717, 1.165) is 26.1 Å². The van der Waals surface area contributed by atoms with Gasteiger partial charge in [0.2, 0.25) is 0 Å². The number of thiazole rings is 1. The molecule has 6 heteroatoms. The van der Waals surface area contributed by atoms with Crippen LogP contribution in [0.15, 0.2) is 18.6 Å². The van der Waals surface area contributed by atoms with E-state index in [0.29, 0.717) is 10.4 Å². The van der Waals surface area contributed by atoms with Crippen LogP contribution in [-0.2, 0) is 19.5 Å². The molecular formula is C13H17ClN4S. The van der Waals surface area contributed by atoms with Crippen molar-refractivity contribution in [3.63, 3.8) is 0 Å². The molecule has 0 aliphatic carbocycles. The zero-order valence-corrected chi connectivity index (χ0v) is 12.5. The van der Waals surface area contributed by atoms with Crippen LogP contribution < -0.4 is 0 Å². The first-order chi connectivity index (χ1) is 9.20. The highest BCUT2D eigenvalue weighted by Gasteiger charge is 2.20. The summed E-state index contributed by atoms with van der Waals surface area (Å²) < 4.78 is 2.91. The fraction of sp³-hybridized carbons (Fsp3) is 0.538. The first kappa shape index (κ1) is 13.1. The van der Waals surface area contributed by atoms with E-state index in [1.54, 1.807) is 11.3 Å². The molecule has 19 heavy (non-hydrogen) atoms. The smallest absolute Gasteiger partial charge is 0.183 e. The summed E-state index contributed by atoms with van der Waals surface area (Å²) in [7, 11) is 2.16. The number of nitrogens with zero attached hydrogens (tertiary/aromatic N) is 4. The van der Waals surface area contributed by atoms with E-state index in [1.165, 1.54) is 17.1 Å². The maximum absolute atomic E-state index is 5.86. The van der Waals surface area contributed by atoms with Crippen molar-refractivity contribution in [1.29, 1.82) is 0 Å². The molecule has 1 atom stereocenters. The van der Waals surface area contributed by atoms with Crippen LogP contribution in [0.2, 0.25) is 4.47 Å². The van der Waals surface area contributed by atoms with Gasteiger partial charge in [-0.15, -0.1) is 11.3 Å². The summed E-state index contributed by atoms with van der Waals surface area (Å²) in [6.45, 7) is 3.12. The lowest BCUT2D eigenvalue weighted by Crippen LogP contribution is -2.31. The van der Waals surface area contributed by atoms with Crippen LogP contribution >= 0.6 is 22.9 Å². The largest absolute Gasteiger partial charge is 0.335 e. The Hall–Kier alpha value is -0.910. The number of imidazole rings is 1. The zero-order valence-electron chi connectivity index (χ0n) is 10.9. The molecule has 0 spiro atoms. The second-order valence-corrected chi connectivity index (χ2v) is 6.87. The standard InChI is InChI=1S/C13H17ClN4S/c1-17(9-11-6-16-13(14)19-11)7-10-2-3-12-15-4-5-18(12)8-10/h4-6,10H,2-3,7-9H2,1H3/t10-/m1/s1. The molecule has 2 aromatic rings. The monoisotopic (exact) mass is 296 g/mol. The number of aromatic nitrogens is 3. The van der Waals surface area contributed by atoms with Gasteiger partial charge in [-0.05, 0) is 19.4 Å². The number of hydrogen-bond acceptors (Lipinski definition) is 4. The van der Waals surface area contributed by atoms with Gasteiger partial charge >= 0.3 is 0 Å². The lowest BCUT2D eigenvalue weighted by atomic mass is 9.99. The number of rotatable bonds is 4. The van der Waals surface area contributed by atoms with E-state index in [4.69, 9.17) is 11.6 Å². The maximum atomic E-state index is 5.86. The molecule has 0 radical (unpaired) electrons. The molecule has 0 saturated heterocycles. The van der Waals surface area contributed by atoms with Gasteiger partial charge in [0.25, 0.3) is 0 Å². The van der Waals surface area contributed by atoms with Crippen LogP contribution in [-0.4, -0.2) is 33.0 Å². The molecule has 0 unspecified atom stereocenters. The summed E-state index contributed by atoms with van der Waals surface area (Å²) in [6, 6.07) is 0. The average molecular weight is 297 g/mol. The van der Waals surface area contributed by atoms with Crippen LogP contribution in [0.5, 0.6) is 0 Å². The number of halogens is 1. The Morgan fingerprint density at radius 2 is 2.42 bits per heavy atom. The number of aryl methyl sites for hydroxylation is 1. The highest BCUT2D eigenvalue weighted by Crippen LogP contribution is 2.22. The van der Waals surface area contributed by atoms with Crippen LogP contribution in [0.3, 0.4) is 0 Å². The molecule has 102 valence electrons. The third-order valence-electron chi connectivity index (χ3n) is 3.55. The van der Waals surface area contributed by atoms with Gasteiger partial charge in [0, 0.05) is 49.5 Å². The topological polar surface area (TPSA) is 34.0 Å². The lowest BCUT2D eigenvalue weighted by molar-refractivity contribution is 0.230. The van der Waals surface area contributed by atoms with E-state index in [9.17, 15) is 0 Å². The summed E-state index contributed by atoms with van der Waals surface area (Å²) in [4.78, 5) is 12.0. The molecule has 3 heterocycles. The van der Waals surface area contributed by atoms with Crippen LogP contribution in [0, 0.1) is 5.92 Å². The van der Waals surface area contributed by atoms with E-state index < -0.39 is 0 Å². The molecule has 0 aromatic carbocycles. The molecule has 0 N–H and O–H groups in total. The van der Waals surface area contributed by atoms with Gasteiger partial charge in [-0.1, -0.05) is 11.6 Å². The van der Waals surface area contributed by atoms with E-state index in [2.05, 4.69) is 32.7 Å². The second kappa shape index (κ2) is 5.61. The molecule has 1 aliphatic heterocycles. The Balaban J connectivity index is 1.54. The minimum Gasteiger partial charge on any atom is -0.335 e. The number of fused-ring (bicyclic) bond motifs is 1. The van der Waals surface area contributed by atoms with Gasteiger partial charge in [-0.25, -0.2) is 9.97 Å². The van der Waals surface area contributed by atoms with Gasteiger partial charge in [0.15, 0.2) is 4.47 Å². The van der Waals surface area contributed by atoms with Crippen molar-refractivity contribution in [3.05, 3.63) is 33.8 Å². The van der Waals surface area contributed by atoms with Crippen molar-refractivity contribution in [2.24, 2.45) is 5.92 Å². The van der Waals surface area contributed by atoms with Crippen molar-refractivity contribution < 1.29 is 0 Å². The Morgan fingerprint density at radius 3 is 3.21 bits per heavy atom. The molecule has 4 nitrogen and oxygen atoms in total. The van der Waals surface area contributed by atoms with Gasteiger partial charge in [-0.3, -0.25) is 0 Å². The molecule has 0 bridgehead atoms. The van der Waals surface area contributed by atoms with Crippen molar-refractivity contribution in [2.75, 3.05) is 13.6 Å². The first-order valence-corrected chi connectivity index (χ1v) is 7.69. The van der Waals surface area contributed by atoms with Gasteiger partial charge in [0.1, 0.15) is 5.82 Å². The van der Waals surface area contributed by atoms with Crippen molar-refractivity contribution in [3.8, 4) is 0 Å². The highest BCUT2D eigenvalue weighted by molar-refractivity contribution is 7.15. The van der Waals surface area contributed by atoms with Crippen molar-refractivity contribution in [1.82, 2.24) is 19.4 Å². The summed E-state index contributed by atoms with van der Waals surface area (Å²) >= 11 is 7.42. The lowest BCUT2D eigenvalue weighted by Gasteiger charge is -2.27. The molecule has 0 amide bonds. The SMILES string of the molecule is CN(Cc1cnc(Cl)s1)C[C@H]1CCc2nccn2C1. The normalized spacial score (nSPS) is 18.8.